The van der Waals surface area contributed by atoms with Crippen LogP contribution in [0.5, 0.6) is 0 Å². The molecule has 2 aliphatic rings. The second-order valence-corrected chi connectivity index (χ2v) is 8.09. The van der Waals surface area contributed by atoms with Crippen LogP contribution in [0.15, 0.2) is 47.3 Å². The quantitative estimate of drug-likeness (QED) is 0.654. The summed E-state index contributed by atoms with van der Waals surface area (Å²) in [5, 5.41) is 3.08. The standard InChI is InChI=1S/C23H24FN7O/c1-3-15-10-27-21-8-14(2)22(29-31(21)23(15)32)30-7-5-19-16(13-30)9-17(11-26-19)28-20-4-6-25-12-18(20)24/h4,6,8-12,22,29H,3,5,7,13H2,1-2H3,(H,25,28). The second kappa shape index (κ2) is 8.16. The number of pyridine rings is 2. The number of nitrogens with one attached hydrogen (secondary N) is 2. The molecule has 5 heterocycles. The van der Waals surface area contributed by atoms with E-state index in [4.69, 9.17) is 0 Å². The predicted octanol–water partition coefficient (Wildman–Crippen LogP) is 2.82. The molecule has 0 bridgehead atoms. The van der Waals surface area contributed by atoms with Gasteiger partial charge in [-0.2, -0.15) is 0 Å². The van der Waals surface area contributed by atoms with Crippen molar-refractivity contribution < 1.29 is 4.39 Å². The summed E-state index contributed by atoms with van der Waals surface area (Å²) in [6.45, 7) is 5.45. The molecule has 0 fully saturated rings. The van der Waals surface area contributed by atoms with Crippen LogP contribution in [-0.2, 0) is 19.4 Å². The van der Waals surface area contributed by atoms with E-state index in [1.807, 2.05) is 26.0 Å². The average Bonchev–Trinajstić information content (AvgIpc) is 2.80. The van der Waals surface area contributed by atoms with Gasteiger partial charge in [-0.15, -0.1) is 0 Å². The van der Waals surface area contributed by atoms with Gasteiger partial charge in [-0.3, -0.25) is 25.1 Å². The lowest BCUT2D eigenvalue weighted by Gasteiger charge is -2.38. The number of fused-ring (bicyclic) bond motifs is 2. The molecule has 0 saturated heterocycles. The van der Waals surface area contributed by atoms with E-state index < -0.39 is 5.82 Å². The smallest absolute Gasteiger partial charge is 0.275 e. The number of nitrogens with zero attached hydrogens (tertiary/aromatic N) is 5. The molecule has 164 valence electrons. The maximum atomic E-state index is 14.0. The van der Waals surface area contributed by atoms with E-state index in [9.17, 15) is 9.18 Å². The van der Waals surface area contributed by atoms with Crippen molar-refractivity contribution in [2.75, 3.05) is 17.3 Å². The van der Waals surface area contributed by atoms with Crippen LogP contribution in [0.1, 0.15) is 36.5 Å². The maximum absolute atomic E-state index is 14.0. The molecule has 9 heteroatoms. The highest BCUT2D eigenvalue weighted by Crippen LogP contribution is 2.27. The molecule has 0 radical (unpaired) electrons. The zero-order valence-electron chi connectivity index (χ0n) is 18.0. The first-order chi connectivity index (χ1) is 15.5. The first-order valence-electron chi connectivity index (χ1n) is 10.7. The second-order valence-electron chi connectivity index (χ2n) is 8.09. The Balaban J connectivity index is 1.39. The summed E-state index contributed by atoms with van der Waals surface area (Å²) in [6, 6.07) is 3.60. The Morgan fingerprint density at radius 2 is 2.16 bits per heavy atom. The normalized spacial score (nSPS) is 17.7. The van der Waals surface area contributed by atoms with Crippen LogP contribution in [-0.4, -0.2) is 37.2 Å². The fourth-order valence-corrected chi connectivity index (χ4v) is 4.22. The Morgan fingerprint density at radius 1 is 1.28 bits per heavy atom. The number of hydrogen-bond donors (Lipinski definition) is 2. The minimum absolute atomic E-state index is 0.0591. The number of anilines is 2. The van der Waals surface area contributed by atoms with Gasteiger partial charge in [0.25, 0.3) is 5.56 Å². The minimum atomic E-state index is -0.414. The molecular formula is C23H24FN7O. The lowest BCUT2D eigenvalue weighted by atomic mass is 10.0. The molecule has 3 aromatic rings. The first-order valence-corrected chi connectivity index (χ1v) is 10.7. The summed E-state index contributed by atoms with van der Waals surface area (Å²) in [6.07, 6.45) is 9.36. The van der Waals surface area contributed by atoms with Gasteiger partial charge in [0.1, 0.15) is 6.17 Å². The highest BCUT2D eigenvalue weighted by atomic mass is 19.1. The van der Waals surface area contributed by atoms with Gasteiger partial charge in [0.2, 0.25) is 0 Å². The van der Waals surface area contributed by atoms with E-state index in [1.165, 1.54) is 6.20 Å². The van der Waals surface area contributed by atoms with E-state index in [0.29, 0.717) is 30.0 Å². The number of aryl methyl sites for hydroxylation is 1. The molecule has 0 aromatic carbocycles. The van der Waals surface area contributed by atoms with E-state index in [2.05, 4.69) is 30.6 Å². The Kier molecular flexibility index (Phi) is 5.18. The van der Waals surface area contributed by atoms with Crippen LogP contribution in [0.4, 0.5) is 15.8 Å². The number of hydrogen-bond acceptors (Lipinski definition) is 7. The molecule has 8 nitrogen and oxygen atoms in total. The van der Waals surface area contributed by atoms with Gasteiger partial charge in [0.15, 0.2) is 11.6 Å². The molecule has 1 unspecified atom stereocenters. The van der Waals surface area contributed by atoms with Crippen LogP contribution in [0.2, 0.25) is 0 Å². The lowest BCUT2D eigenvalue weighted by molar-refractivity contribution is 0.205. The first kappa shape index (κ1) is 20.3. The third-order valence-corrected chi connectivity index (χ3v) is 5.97. The Bertz CT molecular complexity index is 1270. The van der Waals surface area contributed by atoms with Gasteiger partial charge < -0.3 is 5.32 Å². The van der Waals surface area contributed by atoms with E-state index >= 15 is 0 Å². The number of halogens is 1. The average molecular weight is 433 g/mol. The van der Waals surface area contributed by atoms with E-state index in [0.717, 1.165) is 35.5 Å². The molecule has 2 N–H and O–H groups in total. The Morgan fingerprint density at radius 3 is 2.97 bits per heavy atom. The van der Waals surface area contributed by atoms with Gasteiger partial charge in [-0.1, -0.05) is 6.92 Å². The van der Waals surface area contributed by atoms with Crippen molar-refractivity contribution in [1.29, 1.82) is 0 Å². The molecule has 5 rings (SSSR count). The minimum Gasteiger partial charge on any atom is -0.352 e. The van der Waals surface area contributed by atoms with Gasteiger partial charge in [-0.05, 0) is 42.7 Å². The molecule has 0 saturated carbocycles. The van der Waals surface area contributed by atoms with Crippen LogP contribution >= 0.6 is 0 Å². The summed E-state index contributed by atoms with van der Waals surface area (Å²) in [5.41, 5.74) is 8.26. The van der Waals surface area contributed by atoms with Gasteiger partial charge in [-0.25, -0.2) is 14.1 Å². The van der Waals surface area contributed by atoms with Crippen LogP contribution < -0.4 is 16.3 Å². The Hall–Kier alpha value is -3.59. The predicted molar refractivity (Wildman–Crippen MR) is 121 cm³/mol. The molecule has 1 atom stereocenters. The van der Waals surface area contributed by atoms with Crippen molar-refractivity contribution in [3.8, 4) is 0 Å². The van der Waals surface area contributed by atoms with Gasteiger partial charge in [0, 0.05) is 43.2 Å². The van der Waals surface area contributed by atoms with E-state index in [-0.39, 0.29) is 11.7 Å². The zero-order chi connectivity index (χ0) is 22.2. The van der Waals surface area contributed by atoms with Gasteiger partial charge >= 0.3 is 0 Å². The molecule has 0 spiro atoms. The zero-order valence-corrected chi connectivity index (χ0v) is 18.0. The SMILES string of the molecule is CCc1cnc2n(c1=O)NC(N1CCc3ncc(Nc4ccncc4F)cc3C1)C(C)=C2. The van der Waals surface area contributed by atoms with Crippen molar-refractivity contribution in [2.24, 2.45) is 0 Å². The molecule has 2 aliphatic heterocycles. The van der Waals surface area contributed by atoms with E-state index in [1.54, 1.807) is 29.3 Å². The molecule has 0 amide bonds. The summed E-state index contributed by atoms with van der Waals surface area (Å²) in [4.78, 5) is 27.9. The summed E-state index contributed by atoms with van der Waals surface area (Å²) in [7, 11) is 0. The summed E-state index contributed by atoms with van der Waals surface area (Å²) >= 11 is 0. The van der Waals surface area contributed by atoms with Gasteiger partial charge in [0.05, 0.1) is 23.8 Å². The fourth-order valence-electron chi connectivity index (χ4n) is 4.22. The molecule has 32 heavy (non-hydrogen) atoms. The summed E-state index contributed by atoms with van der Waals surface area (Å²) in [5.74, 6) is 0.203. The third kappa shape index (κ3) is 3.64. The van der Waals surface area contributed by atoms with Crippen LogP contribution in [0.25, 0.3) is 6.08 Å². The van der Waals surface area contributed by atoms with Crippen LogP contribution in [0.3, 0.4) is 0 Å². The maximum Gasteiger partial charge on any atom is 0.275 e. The van der Waals surface area contributed by atoms with Crippen molar-refractivity contribution in [2.45, 2.75) is 39.4 Å². The number of aromatic nitrogens is 4. The van der Waals surface area contributed by atoms with Crippen molar-refractivity contribution >= 4 is 17.5 Å². The monoisotopic (exact) mass is 433 g/mol. The summed E-state index contributed by atoms with van der Waals surface area (Å²) < 4.78 is 15.5. The van der Waals surface area contributed by atoms with Crippen molar-refractivity contribution in [3.63, 3.8) is 0 Å². The van der Waals surface area contributed by atoms with Crippen molar-refractivity contribution in [3.05, 3.63) is 81.3 Å². The Labute approximate surface area is 184 Å². The topological polar surface area (TPSA) is 88.0 Å². The lowest BCUT2D eigenvalue weighted by Crippen LogP contribution is -2.52. The largest absolute Gasteiger partial charge is 0.352 e. The molecule has 3 aromatic heterocycles. The fraction of sp³-hybridized carbons (Fsp3) is 0.304. The molecule has 0 aliphatic carbocycles. The molecular weight excluding hydrogens is 409 g/mol. The highest BCUT2D eigenvalue weighted by Gasteiger charge is 2.29. The van der Waals surface area contributed by atoms with Crippen molar-refractivity contribution in [1.82, 2.24) is 24.5 Å². The number of rotatable bonds is 4. The van der Waals surface area contributed by atoms with Crippen LogP contribution in [0, 0.1) is 5.82 Å². The highest BCUT2D eigenvalue weighted by molar-refractivity contribution is 5.60. The third-order valence-electron chi connectivity index (χ3n) is 5.97.